The summed E-state index contributed by atoms with van der Waals surface area (Å²) in [4.78, 5) is 29.6. The second-order valence-electron chi connectivity index (χ2n) is 8.79. The molecule has 142 valence electrons. The Balaban J connectivity index is 1.23. The van der Waals surface area contributed by atoms with Crippen molar-refractivity contribution < 1.29 is 4.79 Å². The Morgan fingerprint density at radius 1 is 1.22 bits per heavy atom. The lowest BCUT2D eigenvalue weighted by atomic mass is 9.79. The quantitative estimate of drug-likeness (QED) is 0.906. The fourth-order valence-corrected chi connectivity index (χ4v) is 6.23. The van der Waals surface area contributed by atoms with Gasteiger partial charge in [0.05, 0.1) is 17.2 Å². The molecule has 2 aromatic rings. The number of aryl methyl sites for hydroxylation is 2. The summed E-state index contributed by atoms with van der Waals surface area (Å²) < 4.78 is 1.56. The molecule has 3 saturated carbocycles. The van der Waals surface area contributed by atoms with Crippen LogP contribution in [0.4, 0.5) is 0 Å². The molecule has 1 N–H and O–H groups in total. The molecule has 5 heteroatoms. The lowest BCUT2D eigenvalue weighted by Crippen LogP contribution is -2.42. The highest BCUT2D eigenvalue weighted by Crippen LogP contribution is 2.58. The molecule has 1 amide bonds. The van der Waals surface area contributed by atoms with E-state index in [1.807, 2.05) is 25.1 Å². The van der Waals surface area contributed by atoms with Gasteiger partial charge in [0.15, 0.2) is 0 Å². The summed E-state index contributed by atoms with van der Waals surface area (Å²) in [5, 5.41) is 3.91. The van der Waals surface area contributed by atoms with Gasteiger partial charge in [-0.05, 0) is 67.9 Å². The second kappa shape index (κ2) is 6.47. The Kier molecular flexibility index (Phi) is 4.06. The first-order chi connectivity index (χ1) is 13.1. The molecule has 27 heavy (non-hydrogen) atoms. The van der Waals surface area contributed by atoms with Crippen LogP contribution in [-0.4, -0.2) is 21.5 Å². The van der Waals surface area contributed by atoms with Gasteiger partial charge in [-0.1, -0.05) is 18.6 Å². The molecule has 3 aliphatic carbocycles. The number of benzene rings is 1. The second-order valence-corrected chi connectivity index (χ2v) is 8.79. The highest BCUT2D eigenvalue weighted by Gasteiger charge is 2.53. The predicted octanol–water partition coefficient (Wildman–Crippen LogP) is 3.04. The Bertz CT molecular complexity index is 950. The zero-order chi connectivity index (χ0) is 18.5. The first kappa shape index (κ1) is 17.0. The van der Waals surface area contributed by atoms with E-state index in [2.05, 4.69) is 10.3 Å². The normalized spacial score (nSPS) is 31.4. The third-order valence-electron chi connectivity index (χ3n) is 7.41. The molecule has 3 fully saturated rings. The zero-order valence-electron chi connectivity index (χ0n) is 15.9. The predicted molar refractivity (Wildman–Crippen MR) is 104 cm³/mol. The van der Waals surface area contributed by atoms with Crippen molar-refractivity contribution in [1.29, 1.82) is 0 Å². The van der Waals surface area contributed by atoms with Crippen molar-refractivity contribution in [2.75, 3.05) is 0 Å². The minimum atomic E-state index is -0.0646. The molecule has 5 rings (SSSR count). The average molecular weight is 365 g/mol. The van der Waals surface area contributed by atoms with Crippen LogP contribution in [0.15, 0.2) is 29.3 Å². The highest BCUT2D eigenvalue weighted by atomic mass is 16.2. The van der Waals surface area contributed by atoms with Crippen LogP contribution in [0.5, 0.6) is 0 Å². The smallest absolute Gasteiger partial charge is 0.261 e. The van der Waals surface area contributed by atoms with Gasteiger partial charge in [0.25, 0.3) is 5.56 Å². The van der Waals surface area contributed by atoms with E-state index >= 15 is 0 Å². The minimum absolute atomic E-state index is 0.0646. The van der Waals surface area contributed by atoms with Gasteiger partial charge in [0.2, 0.25) is 5.91 Å². The molecule has 0 radical (unpaired) electrons. The Labute approximate surface area is 159 Å². The number of rotatable bonds is 4. The molecule has 0 saturated heterocycles. The molecule has 5 unspecified atom stereocenters. The summed E-state index contributed by atoms with van der Waals surface area (Å²) in [6.07, 6.45) is 8.52. The number of hydrogen-bond donors (Lipinski definition) is 1. The molecule has 5 atom stereocenters. The van der Waals surface area contributed by atoms with Gasteiger partial charge in [-0.15, -0.1) is 0 Å². The number of para-hydroxylation sites is 1. The molecule has 3 aliphatic rings. The minimum Gasteiger partial charge on any atom is -0.353 e. The van der Waals surface area contributed by atoms with Crippen LogP contribution in [0.25, 0.3) is 10.9 Å². The summed E-state index contributed by atoms with van der Waals surface area (Å²) in [6, 6.07) is 6.00. The lowest BCUT2D eigenvalue weighted by Gasteiger charge is -2.32. The maximum absolute atomic E-state index is 12.7. The average Bonchev–Trinajstić information content (AvgIpc) is 3.35. The van der Waals surface area contributed by atoms with Crippen LogP contribution in [-0.2, 0) is 11.3 Å². The van der Waals surface area contributed by atoms with Crippen molar-refractivity contribution in [2.24, 2.45) is 23.7 Å². The third-order valence-corrected chi connectivity index (χ3v) is 7.41. The summed E-state index contributed by atoms with van der Waals surface area (Å²) >= 11 is 0. The van der Waals surface area contributed by atoms with Crippen LogP contribution in [0, 0.1) is 30.6 Å². The number of hydrogen-bond acceptors (Lipinski definition) is 3. The van der Waals surface area contributed by atoms with Crippen molar-refractivity contribution in [2.45, 2.75) is 58.0 Å². The van der Waals surface area contributed by atoms with E-state index in [1.165, 1.54) is 25.7 Å². The van der Waals surface area contributed by atoms with E-state index in [4.69, 9.17) is 0 Å². The van der Waals surface area contributed by atoms with Gasteiger partial charge in [0.1, 0.15) is 0 Å². The zero-order valence-corrected chi connectivity index (χ0v) is 15.9. The Hall–Kier alpha value is -2.17. The van der Waals surface area contributed by atoms with Crippen molar-refractivity contribution in [3.05, 3.63) is 40.4 Å². The number of carbonyl (C=O) groups excluding carboxylic acids is 1. The summed E-state index contributed by atoms with van der Waals surface area (Å²) in [7, 11) is 0. The van der Waals surface area contributed by atoms with Crippen molar-refractivity contribution >= 4 is 16.8 Å². The van der Waals surface area contributed by atoms with Gasteiger partial charge >= 0.3 is 0 Å². The summed E-state index contributed by atoms with van der Waals surface area (Å²) in [5.41, 5.74) is 1.68. The van der Waals surface area contributed by atoms with E-state index in [-0.39, 0.29) is 11.5 Å². The number of amides is 1. The maximum atomic E-state index is 12.7. The summed E-state index contributed by atoms with van der Waals surface area (Å²) in [6.45, 7) is 2.34. The monoisotopic (exact) mass is 365 g/mol. The number of carbonyl (C=O) groups is 1. The molecule has 1 heterocycles. The van der Waals surface area contributed by atoms with Crippen LogP contribution >= 0.6 is 0 Å². The first-order valence-corrected chi connectivity index (χ1v) is 10.4. The highest BCUT2D eigenvalue weighted by molar-refractivity contribution is 5.80. The van der Waals surface area contributed by atoms with Crippen molar-refractivity contribution in [1.82, 2.24) is 14.9 Å². The SMILES string of the molecule is Cc1cccc2c(=O)n(CCC(=O)NC3CC4CC3C3CCCC43)cnc12. The topological polar surface area (TPSA) is 64.0 Å². The van der Waals surface area contributed by atoms with Crippen molar-refractivity contribution in [3.8, 4) is 0 Å². The molecule has 0 spiro atoms. The van der Waals surface area contributed by atoms with Crippen molar-refractivity contribution in [3.63, 3.8) is 0 Å². The largest absolute Gasteiger partial charge is 0.353 e. The van der Waals surface area contributed by atoms with Gasteiger partial charge in [0, 0.05) is 19.0 Å². The van der Waals surface area contributed by atoms with Gasteiger partial charge in [-0.2, -0.15) is 0 Å². The summed E-state index contributed by atoms with van der Waals surface area (Å²) in [5.74, 6) is 3.39. The van der Waals surface area contributed by atoms with E-state index in [0.717, 1.165) is 35.3 Å². The van der Waals surface area contributed by atoms with E-state index in [0.29, 0.717) is 30.3 Å². The lowest BCUT2D eigenvalue weighted by molar-refractivity contribution is -0.122. The van der Waals surface area contributed by atoms with E-state index < -0.39 is 0 Å². The molecule has 2 bridgehead atoms. The Morgan fingerprint density at radius 2 is 2.07 bits per heavy atom. The molecular weight excluding hydrogens is 338 g/mol. The van der Waals surface area contributed by atoms with Gasteiger partial charge in [-0.3, -0.25) is 14.2 Å². The maximum Gasteiger partial charge on any atom is 0.261 e. The number of fused-ring (bicyclic) bond motifs is 6. The number of nitrogens with zero attached hydrogens (tertiary/aromatic N) is 2. The van der Waals surface area contributed by atoms with Crippen LogP contribution in [0.3, 0.4) is 0 Å². The molecule has 5 nitrogen and oxygen atoms in total. The van der Waals surface area contributed by atoms with Crippen LogP contribution in [0.1, 0.15) is 44.1 Å². The van der Waals surface area contributed by atoms with Gasteiger partial charge < -0.3 is 5.32 Å². The van der Waals surface area contributed by atoms with E-state index in [9.17, 15) is 9.59 Å². The fraction of sp³-hybridized carbons (Fsp3) is 0.591. The molecule has 1 aromatic heterocycles. The number of nitrogens with one attached hydrogen (secondary N) is 1. The fourth-order valence-electron chi connectivity index (χ4n) is 6.23. The number of aromatic nitrogens is 2. The van der Waals surface area contributed by atoms with Crippen LogP contribution in [0.2, 0.25) is 0 Å². The molecular formula is C22H27N3O2. The third kappa shape index (κ3) is 2.79. The standard InChI is InChI=1S/C22H27N3O2/c1-13-4-2-7-17-21(13)23-12-25(22(17)27)9-8-20(26)24-19-11-14-10-18(19)16-6-3-5-15(14)16/h2,4,7,12,14-16,18-19H,3,5-6,8-11H2,1H3,(H,24,26). The van der Waals surface area contributed by atoms with Gasteiger partial charge in [-0.25, -0.2) is 4.98 Å². The van der Waals surface area contributed by atoms with Crippen LogP contribution < -0.4 is 10.9 Å². The molecule has 1 aromatic carbocycles. The molecule has 0 aliphatic heterocycles. The Morgan fingerprint density at radius 3 is 2.96 bits per heavy atom. The van der Waals surface area contributed by atoms with E-state index in [1.54, 1.807) is 10.9 Å². The first-order valence-electron chi connectivity index (χ1n) is 10.4.